The zero-order chi connectivity index (χ0) is 15.7. The Kier molecular flexibility index (Phi) is 4.14. The van der Waals surface area contributed by atoms with Gasteiger partial charge in [-0.2, -0.15) is 5.10 Å². The van der Waals surface area contributed by atoms with E-state index >= 15 is 0 Å². The van der Waals surface area contributed by atoms with Gasteiger partial charge in [0, 0.05) is 29.2 Å². The molecule has 122 valence electrons. The Balaban J connectivity index is 1.49. The van der Waals surface area contributed by atoms with Crippen molar-refractivity contribution in [1.29, 1.82) is 0 Å². The molecule has 4 nitrogen and oxygen atoms in total. The van der Waals surface area contributed by atoms with E-state index in [4.69, 9.17) is 11.6 Å². The average Bonchev–Trinajstić information content (AvgIpc) is 3.16. The highest BCUT2D eigenvalue weighted by molar-refractivity contribution is 6.30. The van der Waals surface area contributed by atoms with Crippen LogP contribution < -0.4 is 5.32 Å². The van der Waals surface area contributed by atoms with E-state index in [1.807, 2.05) is 24.4 Å². The second kappa shape index (κ2) is 6.27. The fourth-order valence-electron chi connectivity index (χ4n) is 4.09. The number of likely N-dealkylation sites (tertiary alicyclic amines) is 1. The van der Waals surface area contributed by atoms with E-state index in [2.05, 4.69) is 26.5 Å². The Labute approximate surface area is 142 Å². The Hall–Kier alpha value is -1.36. The molecule has 0 unspecified atom stereocenters. The van der Waals surface area contributed by atoms with Gasteiger partial charge in [-0.05, 0) is 56.4 Å². The summed E-state index contributed by atoms with van der Waals surface area (Å²) in [5, 5.41) is 11.7. The highest BCUT2D eigenvalue weighted by Gasteiger charge is 2.38. The smallest absolute Gasteiger partial charge is 0.0695 e. The lowest BCUT2D eigenvalue weighted by atomic mass is 9.78. The molecule has 0 atom stereocenters. The first-order valence-electron chi connectivity index (χ1n) is 8.45. The van der Waals surface area contributed by atoms with Crippen molar-refractivity contribution in [1.82, 2.24) is 20.4 Å². The van der Waals surface area contributed by atoms with Crippen molar-refractivity contribution in [3.05, 3.63) is 41.0 Å². The topological polar surface area (TPSA) is 44.0 Å². The van der Waals surface area contributed by atoms with E-state index in [0.29, 0.717) is 5.41 Å². The molecular weight excluding hydrogens is 308 g/mol. The lowest BCUT2D eigenvalue weighted by Crippen LogP contribution is -2.38. The van der Waals surface area contributed by atoms with Crippen molar-refractivity contribution in [3.63, 3.8) is 0 Å². The molecule has 23 heavy (non-hydrogen) atoms. The van der Waals surface area contributed by atoms with Crippen LogP contribution in [-0.2, 0) is 6.54 Å². The maximum Gasteiger partial charge on any atom is 0.0695 e. The Morgan fingerprint density at radius 2 is 2.09 bits per heavy atom. The maximum absolute atomic E-state index is 6.13. The minimum atomic E-state index is 0.547. The Morgan fingerprint density at radius 1 is 1.22 bits per heavy atom. The van der Waals surface area contributed by atoms with Gasteiger partial charge in [-0.15, -0.1) is 0 Å². The maximum atomic E-state index is 6.13. The molecule has 0 aliphatic carbocycles. The van der Waals surface area contributed by atoms with E-state index in [1.165, 1.54) is 51.0 Å². The van der Waals surface area contributed by atoms with Gasteiger partial charge in [0.25, 0.3) is 0 Å². The van der Waals surface area contributed by atoms with Gasteiger partial charge in [0.2, 0.25) is 0 Å². The zero-order valence-electron chi connectivity index (χ0n) is 13.3. The van der Waals surface area contributed by atoms with E-state index in [1.54, 1.807) is 0 Å². The summed E-state index contributed by atoms with van der Waals surface area (Å²) in [6.45, 7) is 5.73. The first-order valence-corrected chi connectivity index (χ1v) is 8.83. The molecule has 1 aromatic heterocycles. The van der Waals surface area contributed by atoms with Crippen molar-refractivity contribution < 1.29 is 0 Å². The quantitative estimate of drug-likeness (QED) is 0.907. The number of halogens is 1. The number of piperidine rings is 1. The molecule has 2 aromatic rings. The number of hydrogen-bond acceptors (Lipinski definition) is 3. The van der Waals surface area contributed by atoms with Crippen molar-refractivity contribution in [2.45, 2.75) is 25.8 Å². The van der Waals surface area contributed by atoms with Gasteiger partial charge in [0.05, 0.1) is 11.9 Å². The predicted octanol–water partition coefficient (Wildman–Crippen LogP) is 3.31. The van der Waals surface area contributed by atoms with Crippen LogP contribution in [0.25, 0.3) is 11.3 Å². The molecule has 2 N–H and O–H groups in total. The van der Waals surface area contributed by atoms with Gasteiger partial charge in [-0.1, -0.05) is 23.7 Å². The number of rotatable bonds is 3. The minimum Gasteiger partial charge on any atom is -0.317 e. The lowest BCUT2D eigenvalue weighted by Gasteiger charge is -2.33. The van der Waals surface area contributed by atoms with Gasteiger partial charge < -0.3 is 5.32 Å². The van der Waals surface area contributed by atoms with Crippen LogP contribution in [0.2, 0.25) is 5.02 Å². The van der Waals surface area contributed by atoms with Gasteiger partial charge >= 0.3 is 0 Å². The highest BCUT2D eigenvalue weighted by Crippen LogP contribution is 2.39. The third-order valence-electron chi connectivity index (χ3n) is 5.41. The third kappa shape index (κ3) is 3.16. The molecule has 3 heterocycles. The van der Waals surface area contributed by atoms with E-state index in [0.717, 1.165) is 22.8 Å². The molecule has 5 heteroatoms. The second-order valence-corrected chi connectivity index (χ2v) is 7.43. The number of benzene rings is 1. The third-order valence-corrected chi connectivity index (χ3v) is 5.64. The fourth-order valence-corrected chi connectivity index (χ4v) is 4.28. The minimum absolute atomic E-state index is 0.547. The first-order chi connectivity index (χ1) is 11.2. The number of H-pyrrole nitrogens is 1. The molecule has 0 bridgehead atoms. The normalized spacial score (nSPS) is 21.1. The SMILES string of the molecule is Clc1cccc(-c2[nH]ncc2CN2CCC3(CCNCC3)C2)c1. The van der Waals surface area contributed by atoms with Crippen LogP contribution in [-0.4, -0.2) is 41.3 Å². The Bertz CT molecular complexity index is 675. The molecule has 0 saturated carbocycles. The van der Waals surface area contributed by atoms with Crippen LogP contribution in [0.1, 0.15) is 24.8 Å². The van der Waals surface area contributed by atoms with Crippen molar-refractivity contribution in [2.24, 2.45) is 5.41 Å². The van der Waals surface area contributed by atoms with E-state index in [9.17, 15) is 0 Å². The number of aromatic amines is 1. The monoisotopic (exact) mass is 330 g/mol. The summed E-state index contributed by atoms with van der Waals surface area (Å²) in [4.78, 5) is 2.59. The van der Waals surface area contributed by atoms with Gasteiger partial charge in [0.1, 0.15) is 0 Å². The van der Waals surface area contributed by atoms with Crippen LogP contribution >= 0.6 is 11.6 Å². The van der Waals surface area contributed by atoms with E-state index < -0.39 is 0 Å². The molecule has 1 spiro atoms. The van der Waals surface area contributed by atoms with E-state index in [-0.39, 0.29) is 0 Å². The summed E-state index contributed by atoms with van der Waals surface area (Å²) in [6.07, 6.45) is 5.93. The lowest BCUT2D eigenvalue weighted by molar-refractivity contribution is 0.194. The number of hydrogen-bond donors (Lipinski definition) is 2. The summed E-state index contributed by atoms with van der Waals surface area (Å²) in [7, 11) is 0. The molecule has 2 fully saturated rings. The van der Waals surface area contributed by atoms with Crippen LogP contribution in [0.4, 0.5) is 0 Å². The molecule has 2 aliphatic heterocycles. The highest BCUT2D eigenvalue weighted by atomic mass is 35.5. The fraction of sp³-hybridized carbons (Fsp3) is 0.500. The summed E-state index contributed by atoms with van der Waals surface area (Å²) < 4.78 is 0. The van der Waals surface area contributed by atoms with Crippen LogP contribution in [0, 0.1) is 5.41 Å². The summed E-state index contributed by atoms with van der Waals surface area (Å²) in [5.74, 6) is 0. The van der Waals surface area contributed by atoms with Gasteiger partial charge in [-0.3, -0.25) is 10.00 Å². The van der Waals surface area contributed by atoms with Gasteiger partial charge in [-0.25, -0.2) is 0 Å². The summed E-state index contributed by atoms with van der Waals surface area (Å²) >= 11 is 6.13. The average molecular weight is 331 g/mol. The first kappa shape index (κ1) is 15.2. The molecule has 0 radical (unpaired) electrons. The summed E-state index contributed by atoms with van der Waals surface area (Å²) in [5.41, 5.74) is 4.02. The molecule has 0 amide bonds. The largest absolute Gasteiger partial charge is 0.317 e. The number of nitrogens with zero attached hydrogens (tertiary/aromatic N) is 2. The Morgan fingerprint density at radius 3 is 2.91 bits per heavy atom. The second-order valence-electron chi connectivity index (χ2n) is 6.99. The molecule has 2 saturated heterocycles. The molecule has 1 aromatic carbocycles. The van der Waals surface area contributed by atoms with Crippen LogP contribution in [0.3, 0.4) is 0 Å². The molecular formula is C18H23ClN4. The van der Waals surface area contributed by atoms with Crippen molar-refractivity contribution in [2.75, 3.05) is 26.2 Å². The zero-order valence-corrected chi connectivity index (χ0v) is 14.1. The predicted molar refractivity (Wildman–Crippen MR) is 93.5 cm³/mol. The van der Waals surface area contributed by atoms with Crippen molar-refractivity contribution >= 4 is 11.6 Å². The molecule has 2 aliphatic rings. The van der Waals surface area contributed by atoms with Crippen LogP contribution in [0.15, 0.2) is 30.5 Å². The number of nitrogens with one attached hydrogen (secondary N) is 2. The van der Waals surface area contributed by atoms with Crippen molar-refractivity contribution in [3.8, 4) is 11.3 Å². The number of aromatic nitrogens is 2. The van der Waals surface area contributed by atoms with Gasteiger partial charge in [0.15, 0.2) is 0 Å². The standard InChI is InChI=1S/C18H23ClN4/c19-16-3-1-2-14(10-16)17-15(11-21-22-17)12-23-9-6-18(13-23)4-7-20-8-5-18/h1-3,10-11,20H,4-9,12-13H2,(H,21,22). The molecule has 4 rings (SSSR count). The summed E-state index contributed by atoms with van der Waals surface area (Å²) in [6, 6.07) is 7.97. The van der Waals surface area contributed by atoms with Crippen LogP contribution in [0.5, 0.6) is 0 Å².